The van der Waals surface area contributed by atoms with E-state index in [0.29, 0.717) is 11.1 Å². The van der Waals surface area contributed by atoms with Crippen LogP contribution in [0, 0.1) is 17.3 Å². The van der Waals surface area contributed by atoms with Crippen LogP contribution in [0.15, 0.2) is 23.3 Å². The molecular weight excluding hydrogens is 512 g/mol. The molecule has 0 aromatic heterocycles. The topological polar surface area (TPSA) is 152 Å². The van der Waals surface area contributed by atoms with E-state index in [4.69, 9.17) is 23.7 Å². The summed E-state index contributed by atoms with van der Waals surface area (Å²) in [5.41, 5.74) is -2.32. The lowest BCUT2D eigenvalue weighted by atomic mass is 9.56. The van der Waals surface area contributed by atoms with E-state index in [9.17, 15) is 29.1 Å². The Kier molecular flexibility index (Phi) is 8.64. The van der Waals surface area contributed by atoms with Crippen molar-refractivity contribution in [1.29, 1.82) is 0 Å². The molecule has 0 aromatic carbocycles. The maximum absolute atomic E-state index is 12.9. The number of esters is 5. The van der Waals surface area contributed by atoms with Gasteiger partial charge in [-0.3, -0.25) is 24.0 Å². The number of fused-ring (bicyclic) bond motifs is 2. The molecule has 9 atom stereocenters. The summed E-state index contributed by atoms with van der Waals surface area (Å²) in [6.07, 6.45) is -2.06. The Hall–Kier alpha value is -3.21. The van der Waals surface area contributed by atoms with Gasteiger partial charge < -0.3 is 28.8 Å². The number of carbonyl (C=O) groups excluding carboxylic acids is 5. The van der Waals surface area contributed by atoms with Crippen molar-refractivity contribution in [2.24, 2.45) is 17.3 Å². The van der Waals surface area contributed by atoms with Gasteiger partial charge in [0.05, 0.1) is 11.3 Å². The van der Waals surface area contributed by atoms with E-state index < -0.39 is 83.2 Å². The third-order valence-electron chi connectivity index (χ3n) is 8.27. The third kappa shape index (κ3) is 5.59. The molecule has 3 rings (SSSR count). The molecule has 0 radical (unpaired) electrons. The van der Waals surface area contributed by atoms with Crippen LogP contribution < -0.4 is 0 Å². The van der Waals surface area contributed by atoms with E-state index in [2.05, 4.69) is 0 Å². The summed E-state index contributed by atoms with van der Waals surface area (Å²) in [4.78, 5) is 62.2. The fourth-order valence-corrected chi connectivity index (χ4v) is 6.35. The van der Waals surface area contributed by atoms with Gasteiger partial charge in [-0.15, -0.1) is 0 Å². The van der Waals surface area contributed by atoms with Gasteiger partial charge in [0.1, 0.15) is 24.4 Å². The summed E-state index contributed by atoms with van der Waals surface area (Å²) in [5, 5.41) is 12.4. The quantitative estimate of drug-likeness (QED) is 0.312. The van der Waals surface area contributed by atoms with Gasteiger partial charge in [-0.05, 0) is 32.4 Å². The van der Waals surface area contributed by atoms with Gasteiger partial charge in [0.25, 0.3) is 0 Å². The number of aliphatic hydroxyl groups is 1. The first-order valence-corrected chi connectivity index (χ1v) is 13.0. The lowest BCUT2D eigenvalue weighted by Gasteiger charge is -2.54. The number of ether oxygens (including phenoxy) is 5. The number of rotatable bonds is 4. The Balaban J connectivity index is 2.42. The van der Waals surface area contributed by atoms with Gasteiger partial charge in [-0.25, -0.2) is 0 Å². The highest BCUT2D eigenvalue weighted by Crippen LogP contribution is 2.55. The first-order valence-electron chi connectivity index (χ1n) is 13.0. The molecule has 1 fully saturated rings. The summed E-state index contributed by atoms with van der Waals surface area (Å²) in [6, 6.07) is 0. The van der Waals surface area contributed by atoms with Crippen molar-refractivity contribution in [3.63, 3.8) is 0 Å². The Morgan fingerprint density at radius 1 is 0.897 bits per heavy atom. The molecule has 11 heteroatoms. The zero-order chi connectivity index (χ0) is 29.4. The standard InChI is InChI=1S/C28H38O11/c1-13-9-10-21(36-17(5)30)27(8)22(37-18(6)31)12-20(35-16(4)29)14(2)11-23-28(34,15(3)26(33)39-23)25(24(13)27)38-19(7)32/h9,11,15,20-25,34H,10,12H2,1-8H3/b14-11-/t15-,20+,21-,22-,23-,24+,25+,27+,28+/m0/s1. The van der Waals surface area contributed by atoms with Crippen molar-refractivity contribution in [2.45, 2.75) is 104 Å². The van der Waals surface area contributed by atoms with Crippen molar-refractivity contribution >= 4 is 29.8 Å². The Morgan fingerprint density at radius 2 is 1.44 bits per heavy atom. The Morgan fingerprint density at radius 3 is 1.97 bits per heavy atom. The Bertz CT molecular complexity index is 1110. The van der Waals surface area contributed by atoms with Crippen molar-refractivity contribution < 1.29 is 52.8 Å². The molecule has 3 aliphatic rings. The molecule has 0 spiro atoms. The molecule has 11 nitrogen and oxygen atoms in total. The second-order valence-corrected chi connectivity index (χ2v) is 11.0. The lowest BCUT2D eigenvalue weighted by Crippen LogP contribution is -2.65. The SMILES string of the molecule is CC(=O)O[C@H]1CC=C(C)[C@@H]2[C@@H](OC(C)=O)[C@]3(O)[C@H](/C=C(/C)[C@H](OC(C)=O)C[C@H](OC(C)=O)[C@@]12C)OC(=O)[C@@H]3C. The molecule has 0 saturated carbocycles. The van der Waals surface area contributed by atoms with E-state index in [1.54, 1.807) is 26.8 Å². The average Bonchev–Trinajstić information content (AvgIpc) is 3.01. The van der Waals surface area contributed by atoms with Gasteiger partial charge in [0.2, 0.25) is 0 Å². The smallest absolute Gasteiger partial charge is 0.312 e. The van der Waals surface area contributed by atoms with E-state index in [0.717, 1.165) is 0 Å². The van der Waals surface area contributed by atoms with Crippen LogP contribution in [0.1, 0.15) is 68.2 Å². The molecule has 1 aliphatic heterocycles. The number of hydrogen-bond acceptors (Lipinski definition) is 11. The molecule has 1 saturated heterocycles. The predicted molar refractivity (Wildman–Crippen MR) is 135 cm³/mol. The predicted octanol–water partition coefficient (Wildman–Crippen LogP) is 2.33. The minimum Gasteiger partial charge on any atom is -0.462 e. The van der Waals surface area contributed by atoms with Crippen molar-refractivity contribution in [1.82, 2.24) is 0 Å². The van der Waals surface area contributed by atoms with Gasteiger partial charge in [-0.2, -0.15) is 0 Å². The molecule has 0 unspecified atom stereocenters. The van der Waals surface area contributed by atoms with Crippen LogP contribution in [0.5, 0.6) is 0 Å². The van der Waals surface area contributed by atoms with E-state index >= 15 is 0 Å². The van der Waals surface area contributed by atoms with Gasteiger partial charge in [-0.1, -0.05) is 18.6 Å². The normalized spacial score (nSPS) is 39.4. The zero-order valence-corrected chi connectivity index (χ0v) is 23.6. The highest BCUT2D eigenvalue weighted by Gasteiger charge is 2.67. The molecule has 2 aliphatic carbocycles. The third-order valence-corrected chi connectivity index (χ3v) is 8.27. The summed E-state index contributed by atoms with van der Waals surface area (Å²) in [5.74, 6) is -5.31. The summed E-state index contributed by atoms with van der Waals surface area (Å²) >= 11 is 0. The molecule has 0 aromatic rings. The van der Waals surface area contributed by atoms with Gasteiger partial charge in [0.15, 0.2) is 11.7 Å². The van der Waals surface area contributed by atoms with E-state index in [1.807, 2.05) is 0 Å². The Labute approximate surface area is 227 Å². The largest absolute Gasteiger partial charge is 0.462 e. The zero-order valence-electron chi connectivity index (χ0n) is 23.6. The fourth-order valence-electron chi connectivity index (χ4n) is 6.35. The number of carbonyl (C=O) groups is 5. The second kappa shape index (κ2) is 11.1. The van der Waals surface area contributed by atoms with Gasteiger partial charge in [0, 0.05) is 46.5 Å². The van der Waals surface area contributed by atoms with Crippen LogP contribution in [0.4, 0.5) is 0 Å². The second-order valence-electron chi connectivity index (χ2n) is 11.0. The maximum Gasteiger partial charge on any atom is 0.312 e. The van der Waals surface area contributed by atoms with Crippen LogP contribution in [-0.2, 0) is 47.7 Å². The molecule has 39 heavy (non-hydrogen) atoms. The first kappa shape index (κ1) is 30.3. The van der Waals surface area contributed by atoms with Crippen LogP contribution in [0.25, 0.3) is 0 Å². The monoisotopic (exact) mass is 550 g/mol. The van der Waals surface area contributed by atoms with Crippen molar-refractivity contribution in [2.75, 3.05) is 0 Å². The van der Waals surface area contributed by atoms with E-state index in [-0.39, 0.29) is 12.8 Å². The van der Waals surface area contributed by atoms with Crippen molar-refractivity contribution in [3.8, 4) is 0 Å². The maximum atomic E-state index is 12.9. The van der Waals surface area contributed by atoms with Crippen molar-refractivity contribution in [3.05, 3.63) is 23.3 Å². The molecule has 1 heterocycles. The number of hydrogen-bond donors (Lipinski definition) is 1. The summed E-state index contributed by atoms with van der Waals surface area (Å²) in [7, 11) is 0. The van der Waals surface area contributed by atoms with Crippen LogP contribution >= 0.6 is 0 Å². The molecular formula is C28H38O11. The molecule has 0 bridgehead atoms. The minimum atomic E-state index is -2.08. The summed E-state index contributed by atoms with van der Waals surface area (Å²) in [6.45, 7) is 11.5. The van der Waals surface area contributed by atoms with Gasteiger partial charge >= 0.3 is 29.8 Å². The van der Waals surface area contributed by atoms with Crippen LogP contribution in [0.3, 0.4) is 0 Å². The fraction of sp³-hybridized carbons (Fsp3) is 0.679. The molecule has 1 N–H and O–H groups in total. The van der Waals surface area contributed by atoms with E-state index in [1.165, 1.54) is 40.7 Å². The average molecular weight is 551 g/mol. The van der Waals surface area contributed by atoms with Crippen LogP contribution in [-0.4, -0.2) is 71.1 Å². The summed E-state index contributed by atoms with van der Waals surface area (Å²) < 4.78 is 28.7. The molecule has 0 amide bonds. The highest BCUT2D eigenvalue weighted by molar-refractivity contribution is 5.78. The molecule has 216 valence electrons. The first-order chi connectivity index (χ1) is 18.0. The lowest BCUT2D eigenvalue weighted by molar-refractivity contribution is -0.218. The van der Waals surface area contributed by atoms with Crippen LogP contribution in [0.2, 0.25) is 0 Å². The minimum absolute atomic E-state index is 0.0407. The highest BCUT2D eigenvalue weighted by atomic mass is 16.6.